The van der Waals surface area contributed by atoms with E-state index in [-0.39, 0.29) is 0 Å². The first-order valence-corrected chi connectivity index (χ1v) is 3.86. The lowest BCUT2D eigenvalue weighted by atomic mass is 10.4. The van der Waals surface area contributed by atoms with Crippen molar-refractivity contribution in [1.29, 1.82) is 0 Å². The summed E-state index contributed by atoms with van der Waals surface area (Å²) in [5, 5.41) is 0.526. The van der Waals surface area contributed by atoms with Crippen molar-refractivity contribution in [2.75, 3.05) is 11.5 Å². The Balaban J connectivity index is 2.82. The molecule has 0 fully saturated rings. The second-order valence-corrected chi connectivity index (χ2v) is 3.17. The average molecular weight is 166 g/mol. The molecule has 0 spiro atoms. The van der Waals surface area contributed by atoms with Crippen molar-refractivity contribution in [2.24, 2.45) is 0 Å². The van der Waals surface area contributed by atoms with Crippen LogP contribution < -0.4 is 11.5 Å². The largest absolute Gasteiger partial charge is 0.384 e. The first-order valence-electron chi connectivity index (χ1n) is 3.04. The molecule has 56 valence electrons. The molecule has 4 nitrogen and oxygen atoms in total. The fourth-order valence-corrected chi connectivity index (χ4v) is 1.53. The van der Waals surface area contributed by atoms with Gasteiger partial charge in [0.05, 0.1) is 4.70 Å². The number of nitrogens with two attached hydrogens (primary N) is 2. The first kappa shape index (κ1) is 6.36. The minimum Gasteiger partial charge on any atom is -0.384 e. The number of aromatic nitrogens is 2. The van der Waals surface area contributed by atoms with Gasteiger partial charge in [-0.05, 0) is 12.1 Å². The van der Waals surface area contributed by atoms with Crippen LogP contribution in [0.25, 0.3) is 10.3 Å². The number of rotatable bonds is 0. The summed E-state index contributed by atoms with van der Waals surface area (Å²) in [5.41, 5.74) is 11.5. The van der Waals surface area contributed by atoms with E-state index in [1.807, 2.05) is 6.07 Å². The highest BCUT2D eigenvalue weighted by molar-refractivity contribution is 7.21. The van der Waals surface area contributed by atoms with Gasteiger partial charge in [0.15, 0.2) is 10.8 Å². The molecule has 2 heterocycles. The molecule has 0 unspecified atom stereocenters. The predicted molar refractivity (Wildman–Crippen MR) is 46.2 cm³/mol. The van der Waals surface area contributed by atoms with Gasteiger partial charge >= 0.3 is 0 Å². The number of thiazole rings is 1. The fourth-order valence-electron chi connectivity index (χ4n) is 0.850. The molecule has 5 heteroatoms. The average Bonchev–Trinajstić information content (AvgIpc) is 2.27. The maximum atomic E-state index is 5.47. The number of anilines is 2. The molecule has 4 N–H and O–H groups in total. The van der Waals surface area contributed by atoms with Gasteiger partial charge in [-0.1, -0.05) is 11.3 Å². The summed E-state index contributed by atoms with van der Waals surface area (Å²) < 4.78 is 0.969. The molecule has 0 amide bonds. The molecule has 0 atom stereocenters. The quantitative estimate of drug-likeness (QED) is 0.608. The number of pyridine rings is 1. The smallest absolute Gasteiger partial charge is 0.182 e. The zero-order valence-corrected chi connectivity index (χ0v) is 6.43. The number of hydrogen-bond donors (Lipinski definition) is 2. The number of nitrogen functional groups attached to an aromatic ring is 2. The summed E-state index contributed by atoms with van der Waals surface area (Å²) in [6.07, 6.45) is 0. The molecule has 0 aromatic carbocycles. The van der Waals surface area contributed by atoms with Gasteiger partial charge in [-0.3, -0.25) is 0 Å². The Morgan fingerprint density at radius 3 is 2.82 bits per heavy atom. The predicted octanol–water partition coefficient (Wildman–Crippen LogP) is 0.856. The second-order valence-electron chi connectivity index (χ2n) is 2.11. The lowest BCUT2D eigenvalue weighted by Crippen LogP contribution is -1.88. The third-order valence-corrected chi connectivity index (χ3v) is 2.13. The Morgan fingerprint density at radius 2 is 2.00 bits per heavy atom. The van der Waals surface area contributed by atoms with Crippen LogP contribution in [-0.2, 0) is 0 Å². The molecular formula is C6H6N4S. The minimum absolute atomic E-state index is 0.475. The van der Waals surface area contributed by atoms with E-state index in [2.05, 4.69) is 9.97 Å². The van der Waals surface area contributed by atoms with E-state index in [1.165, 1.54) is 11.3 Å². The van der Waals surface area contributed by atoms with Crippen molar-refractivity contribution in [3.8, 4) is 0 Å². The topological polar surface area (TPSA) is 77.8 Å². The molecule has 11 heavy (non-hydrogen) atoms. The fraction of sp³-hybridized carbons (Fsp3) is 0. The highest BCUT2D eigenvalue weighted by atomic mass is 32.1. The summed E-state index contributed by atoms with van der Waals surface area (Å²) in [6, 6.07) is 3.60. The van der Waals surface area contributed by atoms with E-state index in [9.17, 15) is 0 Å². The third kappa shape index (κ3) is 0.988. The van der Waals surface area contributed by atoms with Crippen molar-refractivity contribution in [3.63, 3.8) is 0 Å². The summed E-state index contributed by atoms with van der Waals surface area (Å²) >= 11 is 1.41. The van der Waals surface area contributed by atoms with Crippen LogP contribution in [0.3, 0.4) is 0 Å². The Hall–Kier alpha value is -1.36. The van der Waals surface area contributed by atoms with E-state index in [1.54, 1.807) is 6.07 Å². The monoisotopic (exact) mass is 166 g/mol. The van der Waals surface area contributed by atoms with Gasteiger partial charge in [0, 0.05) is 0 Å². The molecule has 0 aliphatic heterocycles. The highest BCUT2D eigenvalue weighted by Crippen LogP contribution is 2.22. The second kappa shape index (κ2) is 2.06. The van der Waals surface area contributed by atoms with Crippen LogP contribution in [0.2, 0.25) is 0 Å². The molecule has 0 radical (unpaired) electrons. The maximum Gasteiger partial charge on any atom is 0.182 e. The number of nitrogens with zero attached hydrogens (tertiary/aromatic N) is 2. The lowest BCUT2D eigenvalue weighted by molar-refractivity contribution is 1.34. The van der Waals surface area contributed by atoms with Gasteiger partial charge in [-0.2, -0.15) is 0 Å². The van der Waals surface area contributed by atoms with Gasteiger partial charge in [0.25, 0.3) is 0 Å². The molecule has 0 saturated heterocycles. The Labute approximate surface area is 66.9 Å². The van der Waals surface area contributed by atoms with Crippen LogP contribution in [0.1, 0.15) is 0 Å². The van der Waals surface area contributed by atoms with Gasteiger partial charge in [0.2, 0.25) is 0 Å². The lowest BCUT2D eigenvalue weighted by Gasteiger charge is -1.87. The molecule has 2 rings (SSSR count). The summed E-state index contributed by atoms with van der Waals surface area (Å²) in [6.45, 7) is 0. The van der Waals surface area contributed by atoms with Crippen molar-refractivity contribution >= 4 is 32.6 Å². The first-order chi connectivity index (χ1) is 5.25. The van der Waals surface area contributed by atoms with E-state index in [4.69, 9.17) is 11.5 Å². The van der Waals surface area contributed by atoms with Crippen LogP contribution in [0.5, 0.6) is 0 Å². The summed E-state index contributed by atoms with van der Waals surface area (Å²) in [4.78, 5) is 7.97. The van der Waals surface area contributed by atoms with Crippen molar-refractivity contribution < 1.29 is 0 Å². The van der Waals surface area contributed by atoms with Gasteiger partial charge in [-0.25, -0.2) is 9.97 Å². The molecule has 2 aromatic heterocycles. The molecular weight excluding hydrogens is 160 g/mol. The van der Waals surface area contributed by atoms with Crippen molar-refractivity contribution in [3.05, 3.63) is 12.1 Å². The maximum absolute atomic E-state index is 5.47. The summed E-state index contributed by atoms with van der Waals surface area (Å²) in [7, 11) is 0. The van der Waals surface area contributed by atoms with E-state index in [0.717, 1.165) is 4.70 Å². The van der Waals surface area contributed by atoms with Gasteiger partial charge in [0.1, 0.15) is 5.82 Å². The Kier molecular flexibility index (Phi) is 1.19. The van der Waals surface area contributed by atoms with E-state index >= 15 is 0 Å². The minimum atomic E-state index is 0.475. The Morgan fingerprint density at radius 1 is 1.18 bits per heavy atom. The van der Waals surface area contributed by atoms with Crippen LogP contribution >= 0.6 is 11.3 Å². The molecule has 2 aromatic rings. The number of hydrogen-bond acceptors (Lipinski definition) is 5. The van der Waals surface area contributed by atoms with Crippen LogP contribution in [0.4, 0.5) is 10.9 Å². The molecule has 0 bridgehead atoms. The SMILES string of the molecule is Nc1ccc2sc(N)nc2n1. The molecule has 0 aliphatic rings. The normalized spacial score (nSPS) is 10.5. The zero-order chi connectivity index (χ0) is 7.84. The van der Waals surface area contributed by atoms with Crippen LogP contribution in [0.15, 0.2) is 12.1 Å². The van der Waals surface area contributed by atoms with Crippen molar-refractivity contribution in [1.82, 2.24) is 9.97 Å². The van der Waals surface area contributed by atoms with Crippen LogP contribution in [-0.4, -0.2) is 9.97 Å². The van der Waals surface area contributed by atoms with Crippen molar-refractivity contribution in [2.45, 2.75) is 0 Å². The van der Waals surface area contributed by atoms with Gasteiger partial charge < -0.3 is 11.5 Å². The van der Waals surface area contributed by atoms with E-state index in [0.29, 0.717) is 16.6 Å². The van der Waals surface area contributed by atoms with Crippen LogP contribution in [0, 0.1) is 0 Å². The third-order valence-electron chi connectivity index (χ3n) is 1.29. The standard InChI is InChI=1S/C6H6N4S/c7-4-2-1-3-5(9-4)10-6(8)11-3/h1-2H,(H4,7,8,9,10). The molecule has 0 saturated carbocycles. The highest BCUT2D eigenvalue weighted by Gasteiger charge is 2.00. The Bertz CT molecular complexity index is 394. The van der Waals surface area contributed by atoms with Gasteiger partial charge in [-0.15, -0.1) is 0 Å². The molecule has 0 aliphatic carbocycles. The zero-order valence-electron chi connectivity index (χ0n) is 5.61. The van der Waals surface area contributed by atoms with E-state index < -0.39 is 0 Å². The summed E-state index contributed by atoms with van der Waals surface area (Å²) in [5.74, 6) is 0.475. The number of fused-ring (bicyclic) bond motifs is 1.